The van der Waals surface area contributed by atoms with Crippen LogP contribution in [0.15, 0.2) is 48.5 Å². The van der Waals surface area contributed by atoms with E-state index in [1.165, 1.54) is 52.7 Å². The molecule has 0 bridgehead atoms. The molecule has 2 aliphatic heterocycles. The highest BCUT2D eigenvalue weighted by molar-refractivity contribution is 8.77. The van der Waals surface area contributed by atoms with Crippen LogP contribution in [0.25, 0.3) is 0 Å². The summed E-state index contributed by atoms with van der Waals surface area (Å²) in [5, 5.41) is 39.3. The van der Waals surface area contributed by atoms with Crippen LogP contribution >= 0.6 is 21.6 Å². The van der Waals surface area contributed by atoms with Crippen molar-refractivity contribution < 1.29 is 62.9 Å². The van der Waals surface area contributed by atoms with Crippen molar-refractivity contribution in [3.63, 3.8) is 0 Å². The molecule has 3 aliphatic rings. The number of nitrogens with zero attached hydrogens (tertiary/aromatic N) is 1. The van der Waals surface area contributed by atoms with E-state index in [2.05, 4.69) is 37.2 Å². The van der Waals surface area contributed by atoms with Crippen LogP contribution in [0, 0.1) is 5.92 Å². The van der Waals surface area contributed by atoms with Crippen molar-refractivity contribution in [2.45, 2.75) is 170 Å². The zero-order valence-corrected chi connectivity index (χ0v) is 47.4. The summed E-state index contributed by atoms with van der Waals surface area (Å²) in [4.78, 5) is 141. The molecule has 10 atom stereocenters. The number of phenols is 1. The van der Waals surface area contributed by atoms with Crippen LogP contribution in [0.4, 0.5) is 0 Å². The van der Waals surface area contributed by atoms with Crippen LogP contribution in [0.2, 0.25) is 0 Å². The van der Waals surface area contributed by atoms with Crippen LogP contribution in [0.1, 0.15) is 109 Å². The summed E-state index contributed by atoms with van der Waals surface area (Å²) in [5.41, 5.74) is 18.3. The Labute approximate surface area is 473 Å². The SMILES string of the molecule is CC[C@H](C)[C@@H]1NC(=O)[C@H](Cc2ccc(OC)cc2)NC(=O)CC2(CCCCC2)SSC[C@@H](C(=O)N2CCC[C@H]2C(=O)N[C@@H](CCCN)C(=O)N[C@@H](Cc2ccc(O)cc2)C(N)=O)NC(=O)[C@H](CC(N)=O)NC(=O)[C@H]([C@@H](C)O)NC1=O. The lowest BCUT2D eigenvalue weighted by molar-refractivity contribution is -0.142. The minimum absolute atomic E-state index is 0.00521. The fourth-order valence-electron chi connectivity index (χ4n) is 9.91. The van der Waals surface area contributed by atoms with Crippen molar-refractivity contribution in [3.05, 3.63) is 59.7 Å². The van der Waals surface area contributed by atoms with Crippen molar-refractivity contribution in [2.24, 2.45) is 23.1 Å². The quantitative estimate of drug-likeness (QED) is 0.0796. The first-order valence-electron chi connectivity index (χ1n) is 27.2. The standard InChI is InChI=1S/C54H79N11O13S2/c1-5-30(2)44-51(75)64-45(31(3)66)52(76)61-39(27-42(56)68)48(72)62-40(29-79-80-54(21-7-6-8-22-54)28-43(69)58-38(49(73)63-44)26-33-15-19-35(78-4)20-16-33)53(77)65-24-10-12-41(65)50(74)59-36(11-9-23-55)47(71)60-37(46(57)70)25-32-13-17-34(67)18-14-32/h13-20,30-31,36-41,44-45,66-67H,5-12,21-29,55H2,1-4H3,(H2,56,68)(H2,57,70)(H,58,69)(H,59,74)(H,60,71)(H,61,76)(H,62,72)(H,63,73)(H,64,75)/t30-,31+,36-,37-,38-,39-,40-,41-,44-,45-/m0/s1. The number of aliphatic hydroxyl groups is 1. The lowest BCUT2D eigenvalue weighted by Crippen LogP contribution is -2.63. The van der Waals surface area contributed by atoms with Crippen molar-refractivity contribution >= 4 is 80.7 Å². The van der Waals surface area contributed by atoms with E-state index in [0.717, 1.165) is 19.3 Å². The van der Waals surface area contributed by atoms with Gasteiger partial charge in [-0.25, -0.2) is 0 Å². The zero-order chi connectivity index (χ0) is 58.7. The van der Waals surface area contributed by atoms with E-state index in [4.69, 9.17) is 21.9 Å². The van der Waals surface area contributed by atoms with E-state index in [1.807, 2.05) is 0 Å². The Morgan fingerprint density at radius 3 is 2.05 bits per heavy atom. The highest BCUT2D eigenvalue weighted by atomic mass is 33.1. The van der Waals surface area contributed by atoms with E-state index < -0.39 is 131 Å². The summed E-state index contributed by atoms with van der Waals surface area (Å²) in [7, 11) is 4.05. The summed E-state index contributed by atoms with van der Waals surface area (Å²) in [6.45, 7) is 4.88. The lowest BCUT2D eigenvalue weighted by atomic mass is 9.85. The van der Waals surface area contributed by atoms with Crippen molar-refractivity contribution in [1.29, 1.82) is 0 Å². The van der Waals surface area contributed by atoms with Gasteiger partial charge in [0.25, 0.3) is 0 Å². The van der Waals surface area contributed by atoms with Crippen LogP contribution in [-0.2, 0) is 60.8 Å². The van der Waals surface area contributed by atoms with Gasteiger partial charge in [0.1, 0.15) is 59.8 Å². The molecule has 2 heterocycles. The Kier molecular flexibility index (Phi) is 24.7. The van der Waals surface area contributed by atoms with Crippen LogP contribution in [0.5, 0.6) is 11.5 Å². The second-order valence-electron chi connectivity index (χ2n) is 20.9. The normalized spacial score (nSPS) is 24.0. The first-order chi connectivity index (χ1) is 38.1. The molecule has 24 nitrogen and oxygen atoms in total. The summed E-state index contributed by atoms with van der Waals surface area (Å²) >= 11 is 0. The number of hydrogen-bond donors (Lipinski definition) is 12. The van der Waals surface area contributed by atoms with E-state index >= 15 is 0 Å². The van der Waals surface area contributed by atoms with E-state index in [0.29, 0.717) is 42.6 Å². The highest BCUT2D eigenvalue weighted by Gasteiger charge is 2.43. The molecule has 15 N–H and O–H groups in total. The Morgan fingerprint density at radius 1 is 0.800 bits per heavy atom. The predicted octanol–water partition coefficient (Wildman–Crippen LogP) is -0.415. The minimum atomic E-state index is -1.76. The minimum Gasteiger partial charge on any atom is -0.508 e. The second kappa shape index (κ2) is 30.8. The predicted molar refractivity (Wildman–Crippen MR) is 300 cm³/mol. The van der Waals surface area contributed by atoms with E-state index in [9.17, 15) is 58.2 Å². The van der Waals surface area contributed by atoms with Crippen molar-refractivity contribution in [2.75, 3.05) is 26.0 Å². The lowest BCUT2D eigenvalue weighted by Gasteiger charge is -2.37. The molecule has 1 spiro atoms. The number of aliphatic hydroxyl groups excluding tert-OH is 1. The second-order valence-corrected chi connectivity index (χ2v) is 23.7. The number of hydrogen-bond acceptors (Lipinski definition) is 16. The van der Waals surface area contributed by atoms with Gasteiger partial charge in [-0.1, -0.05) is 85.4 Å². The zero-order valence-electron chi connectivity index (χ0n) is 45.8. The van der Waals surface area contributed by atoms with Gasteiger partial charge in [0.2, 0.25) is 59.1 Å². The van der Waals surface area contributed by atoms with E-state index in [-0.39, 0.29) is 63.1 Å². The fourth-order valence-corrected chi connectivity index (χ4v) is 13.3. The molecule has 1 aliphatic carbocycles. The highest BCUT2D eigenvalue weighted by Crippen LogP contribution is 2.48. The number of phenolic OH excluding ortho intramolecular Hbond substituents is 1. The van der Waals surface area contributed by atoms with Gasteiger partial charge < -0.3 is 74.3 Å². The molecule has 0 aromatic heterocycles. The van der Waals surface area contributed by atoms with E-state index in [1.54, 1.807) is 50.2 Å². The number of amides is 10. The number of primary amides is 2. The molecule has 26 heteroatoms. The topological polar surface area (TPSA) is 386 Å². The number of ether oxygens (including phenoxy) is 1. The average molecular weight is 1150 g/mol. The average Bonchev–Trinajstić information content (AvgIpc) is 3.93. The molecule has 1 saturated carbocycles. The van der Waals surface area contributed by atoms with Gasteiger partial charge in [-0.3, -0.25) is 47.9 Å². The molecule has 2 saturated heterocycles. The molecule has 2 aromatic carbocycles. The smallest absolute Gasteiger partial charge is 0.246 e. The first kappa shape index (κ1) is 64.2. The van der Waals surface area contributed by atoms with Crippen LogP contribution < -0.4 is 59.2 Å². The van der Waals surface area contributed by atoms with Crippen molar-refractivity contribution in [1.82, 2.24) is 42.1 Å². The first-order valence-corrected chi connectivity index (χ1v) is 29.5. The molecular weight excluding hydrogens is 1070 g/mol. The number of likely N-dealkylation sites (tertiary alicyclic amines) is 1. The van der Waals surface area contributed by atoms with Crippen molar-refractivity contribution in [3.8, 4) is 11.5 Å². The molecule has 80 heavy (non-hydrogen) atoms. The Hall–Kier alpha value is -6.64. The van der Waals surface area contributed by atoms with Gasteiger partial charge in [-0.05, 0) is 93.3 Å². The third-order valence-electron chi connectivity index (χ3n) is 14.7. The number of carbonyl (C=O) groups is 10. The van der Waals surface area contributed by atoms with Crippen LogP contribution in [-0.4, -0.2) is 159 Å². The number of carbonyl (C=O) groups excluding carboxylic acids is 10. The van der Waals surface area contributed by atoms with Gasteiger partial charge in [-0.15, -0.1) is 0 Å². The molecule has 5 rings (SSSR count). The third kappa shape index (κ3) is 18.7. The third-order valence-corrected chi connectivity index (χ3v) is 18.0. The number of nitrogens with one attached hydrogen (secondary N) is 7. The maximum atomic E-state index is 15.0. The fraction of sp³-hybridized carbons (Fsp3) is 0.593. The maximum absolute atomic E-state index is 15.0. The van der Waals surface area contributed by atoms with Gasteiger partial charge in [0, 0.05) is 36.3 Å². The Balaban J connectivity index is 1.48. The number of nitrogens with two attached hydrogens (primary N) is 3. The summed E-state index contributed by atoms with van der Waals surface area (Å²) in [5.74, 6) is -8.38. The largest absolute Gasteiger partial charge is 0.508 e. The number of methoxy groups -OCH3 is 1. The Bertz CT molecular complexity index is 2500. The van der Waals surface area contributed by atoms with Gasteiger partial charge in [0.15, 0.2) is 0 Å². The Morgan fingerprint density at radius 2 is 1.44 bits per heavy atom. The summed E-state index contributed by atoms with van der Waals surface area (Å²) in [6, 6.07) is 1.83. The molecule has 0 unspecified atom stereocenters. The summed E-state index contributed by atoms with van der Waals surface area (Å²) in [6.07, 6.45) is 2.33. The molecule has 0 radical (unpaired) electrons. The van der Waals surface area contributed by atoms with Crippen LogP contribution in [0.3, 0.4) is 0 Å². The molecule has 440 valence electrons. The summed E-state index contributed by atoms with van der Waals surface area (Å²) < 4.78 is 4.59. The van der Waals surface area contributed by atoms with Gasteiger partial charge in [-0.2, -0.15) is 0 Å². The van der Waals surface area contributed by atoms with Gasteiger partial charge >= 0.3 is 0 Å². The number of benzene rings is 2. The molecular formula is C54H79N11O13S2. The van der Waals surface area contributed by atoms with Gasteiger partial charge in [0.05, 0.1) is 19.6 Å². The molecule has 2 aromatic rings. The monoisotopic (exact) mass is 1150 g/mol. The molecule has 3 fully saturated rings. The number of rotatable bonds is 19. The maximum Gasteiger partial charge on any atom is 0.246 e. The molecule has 10 amide bonds. The number of aromatic hydroxyl groups is 1.